The Balaban J connectivity index is 1.23. The molecule has 1 atom stereocenters. The third-order valence-corrected chi connectivity index (χ3v) is 9.39. The molecule has 1 saturated carbocycles. The van der Waals surface area contributed by atoms with Gasteiger partial charge in [-0.15, -0.1) is 11.3 Å². The van der Waals surface area contributed by atoms with Crippen LogP contribution < -0.4 is 0 Å². The van der Waals surface area contributed by atoms with Gasteiger partial charge in [-0.1, -0.05) is 6.92 Å². The highest BCUT2D eigenvalue weighted by atomic mass is 32.1. The molecule has 42 heavy (non-hydrogen) atoms. The van der Waals surface area contributed by atoms with Crippen molar-refractivity contribution in [2.45, 2.75) is 51.5 Å². The van der Waals surface area contributed by atoms with Crippen molar-refractivity contribution in [2.24, 2.45) is 0 Å². The Morgan fingerprint density at radius 3 is 2.79 bits per heavy atom. The highest BCUT2D eigenvalue weighted by Crippen LogP contribution is 2.48. The Bertz CT molecular complexity index is 1870. The van der Waals surface area contributed by atoms with Crippen molar-refractivity contribution in [1.29, 1.82) is 0 Å². The van der Waals surface area contributed by atoms with E-state index in [2.05, 4.69) is 30.4 Å². The summed E-state index contributed by atoms with van der Waals surface area (Å²) in [5, 5.41) is 11.0. The Morgan fingerprint density at radius 2 is 2.02 bits per heavy atom. The molecule has 0 saturated heterocycles. The molecule has 9 nitrogen and oxygen atoms in total. The number of rotatable bonds is 6. The minimum atomic E-state index is -0.492. The van der Waals surface area contributed by atoms with E-state index in [9.17, 15) is 9.59 Å². The van der Waals surface area contributed by atoms with Gasteiger partial charge in [0.1, 0.15) is 11.5 Å². The van der Waals surface area contributed by atoms with E-state index in [1.807, 2.05) is 11.0 Å². The van der Waals surface area contributed by atoms with E-state index in [0.717, 1.165) is 25.0 Å². The van der Waals surface area contributed by atoms with Gasteiger partial charge in [-0.25, -0.2) is 23.4 Å². The summed E-state index contributed by atoms with van der Waals surface area (Å²) >= 11 is 1.74. The molecule has 7 rings (SSSR count). The minimum Gasteiger partial charge on any atom is -0.462 e. The fourth-order valence-electron chi connectivity index (χ4n) is 5.66. The molecule has 1 aliphatic heterocycles. The minimum absolute atomic E-state index is 0.0262. The Morgan fingerprint density at radius 1 is 1.19 bits per heavy atom. The number of nitrogens with zero attached hydrogens (tertiary/aromatic N) is 6. The Hall–Kier alpha value is -4.38. The van der Waals surface area contributed by atoms with Crippen molar-refractivity contribution in [3.05, 3.63) is 87.4 Å². The predicted octanol–water partition coefficient (Wildman–Crippen LogP) is 5.77. The van der Waals surface area contributed by atoms with Crippen LogP contribution in [-0.4, -0.2) is 54.3 Å². The summed E-state index contributed by atoms with van der Waals surface area (Å²) in [5.74, 6) is -1.08. The first-order valence-electron chi connectivity index (χ1n) is 14.1. The monoisotopic (exact) mass is 584 g/mol. The number of fused-ring (bicyclic) bond motifs is 2. The van der Waals surface area contributed by atoms with E-state index >= 15 is 4.39 Å². The second-order valence-electron chi connectivity index (χ2n) is 11.2. The van der Waals surface area contributed by atoms with Crippen molar-refractivity contribution < 1.29 is 18.7 Å². The van der Waals surface area contributed by atoms with E-state index in [0.29, 0.717) is 34.8 Å². The molecule has 1 aliphatic carbocycles. The molecular weight excluding hydrogens is 555 g/mol. The molecule has 0 N–H and O–H groups in total. The molecule has 5 aromatic rings. The van der Waals surface area contributed by atoms with E-state index in [4.69, 9.17) is 14.8 Å². The zero-order chi connectivity index (χ0) is 29.2. The van der Waals surface area contributed by atoms with Crippen molar-refractivity contribution >= 4 is 28.9 Å². The molecule has 1 fully saturated rings. The lowest BCUT2D eigenvalue weighted by molar-refractivity contribution is 0.0526. The van der Waals surface area contributed by atoms with Gasteiger partial charge >= 0.3 is 5.97 Å². The van der Waals surface area contributed by atoms with Gasteiger partial charge in [-0.2, -0.15) is 10.2 Å². The number of amides is 1. The van der Waals surface area contributed by atoms with Crippen LogP contribution in [0.3, 0.4) is 0 Å². The molecule has 5 heterocycles. The molecule has 2 aliphatic rings. The molecule has 0 radical (unpaired) electrons. The number of halogens is 1. The van der Waals surface area contributed by atoms with Gasteiger partial charge in [0.2, 0.25) is 0 Å². The lowest BCUT2D eigenvalue weighted by atomic mass is 10.00. The van der Waals surface area contributed by atoms with Crippen LogP contribution in [0.25, 0.3) is 22.6 Å². The number of carbonyl (C=O) groups is 2. The van der Waals surface area contributed by atoms with Crippen molar-refractivity contribution in [2.75, 3.05) is 13.2 Å². The van der Waals surface area contributed by atoms with Gasteiger partial charge in [0.05, 0.1) is 41.5 Å². The molecule has 214 valence electrons. The van der Waals surface area contributed by atoms with Crippen LogP contribution in [0.2, 0.25) is 0 Å². The average Bonchev–Trinajstić information content (AvgIpc) is 3.41. The molecule has 0 spiro atoms. The number of esters is 1. The number of benzene rings is 1. The van der Waals surface area contributed by atoms with E-state index < -0.39 is 11.8 Å². The maximum Gasteiger partial charge on any atom is 0.341 e. The zero-order valence-electron chi connectivity index (χ0n) is 23.5. The second kappa shape index (κ2) is 9.87. The molecule has 1 aromatic carbocycles. The third kappa shape index (κ3) is 4.39. The predicted molar refractivity (Wildman–Crippen MR) is 156 cm³/mol. The summed E-state index contributed by atoms with van der Waals surface area (Å²) in [6.07, 6.45) is 5.69. The number of carbonyl (C=O) groups excluding carboxylic acids is 2. The molecular formula is C31H29FN6O3S. The number of thiophene rings is 1. The number of ether oxygens (including phenoxy) is 1. The average molecular weight is 585 g/mol. The highest BCUT2D eigenvalue weighted by Gasteiger charge is 2.42. The maximum absolute atomic E-state index is 15.5. The van der Waals surface area contributed by atoms with Crippen molar-refractivity contribution in [1.82, 2.24) is 29.3 Å². The van der Waals surface area contributed by atoms with E-state index in [1.54, 1.807) is 41.0 Å². The first-order chi connectivity index (χ1) is 20.3. The molecule has 1 amide bonds. The maximum atomic E-state index is 15.5. The zero-order valence-corrected chi connectivity index (χ0v) is 24.3. The summed E-state index contributed by atoms with van der Waals surface area (Å²) in [7, 11) is 0. The lowest BCUT2D eigenvalue weighted by Gasteiger charge is -2.33. The largest absolute Gasteiger partial charge is 0.462 e. The fourth-order valence-corrected chi connectivity index (χ4v) is 6.62. The van der Waals surface area contributed by atoms with Crippen LogP contribution in [0.15, 0.2) is 54.2 Å². The Labute approximate surface area is 245 Å². The van der Waals surface area contributed by atoms with E-state index in [1.165, 1.54) is 33.6 Å². The first kappa shape index (κ1) is 26.5. The SMILES string of the molecule is CCOC(=O)c1cnn(-c2ccc(-c3cc4nc(C(=O)N5CCc6sccc6C5C)cc(C5(C)CC5)n4n3)c(F)c2)c1. The molecule has 1 unspecified atom stereocenters. The van der Waals surface area contributed by atoms with Crippen LogP contribution in [0.5, 0.6) is 0 Å². The summed E-state index contributed by atoms with van der Waals surface area (Å²) in [6, 6.07) is 10.4. The van der Waals surface area contributed by atoms with Crippen molar-refractivity contribution in [3.8, 4) is 16.9 Å². The topological polar surface area (TPSA) is 94.6 Å². The normalized spacial score (nSPS) is 17.3. The summed E-state index contributed by atoms with van der Waals surface area (Å²) in [5.41, 5.74) is 4.35. The van der Waals surface area contributed by atoms with Gasteiger partial charge < -0.3 is 9.64 Å². The van der Waals surface area contributed by atoms with E-state index in [-0.39, 0.29) is 29.5 Å². The molecule has 0 bridgehead atoms. The van der Waals surface area contributed by atoms with Gasteiger partial charge in [-0.3, -0.25) is 4.79 Å². The summed E-state index contributed by atoms with van der Waals surface area (Å²) < 4.78 is 23.7. The lowest BCUT2D eigenvalue weighted by Crippen LogP contribution is -2.38. The number of hydrogen-bond donors (Lipinski definition) is 0. The number of aromatic nitrogens is 5. The van der Waals surface area contributed by atoms with Gasteiger partial charge in [0.25, 0.3) is 5.91 Å². The quantitative estimate of drug-likeness (QED) is 0.235. The summed E-state index contributed by atoms with van der Waals surface area (Å²) in [6.45, 7) is 6.85. The highest BCUT2D eigenvalue weighted by molar-refractivity contribution is 7.10. The second-order valence-corrected chi connectivity index (χ2v) is 12.2. The van der Waals surface area contributed by atoms with Crippen molar-refractivity contribution in [3.63, 3.8) is 0 Å². The summed E-state index contributed by atoms with van der Waals surface area (Å²) in [4.78, 5) is 33.8. The van der Waals surface area contributed by atoms with Gasteiger partial charge in [0, 0.05) is 40.7 Å². The fraction of sp³-hybridized carbons (Fsp3) is 0.323. The van der Waals surface area contributed by atoms with Crippen LogP contribution >= 0.6 is 11.3 Å². The smallest absolute Gasteiger partial charge is 0.341 e. The van der Waals surface area contributed by atoms with Crippen LogP contribution in [-0.2, 0) is 16.6 Å². The van der Waals surface area contributed by atoms with Crippen LogP contribution in [0, 0.1) is 5.82 Å². The van der Waals surface area contributed by atoms with Crippen LogP contribution in [0.4, 0.5) is 4.39 Å². The Kier molecular flexibility index (Phi) is 6.23. The molecule has 4 aromatic heterocycles. The standard InChI is InChI=1S/C31H29FN6O3S/c1-4-41-30(40)19-16-33-37(17-19)20-5-6-22(23(32)13-20)24-15-28-34-25(14-27(38(28)35-24)31(3)9-10-31)29(39)36-11-7-26-21(18(36)2)8-12-42-26/h5-6,8,12-18H,4,7,9-11H2,1-3H3. The third-order valence-electron chi connectivity index (χ3n) is 8.39. The van der Waals surface area contributed by atoms with Gasteiger partial charge in [-0.05, 0) is 68.3 Å². The van der Waals surface area contributed by atoms with Gasteiger partial charge in [0.15, 0.2) is 5.65 Å². The number of hydrogen-bond acceptors (Lipinski definition) is 7. The molecule has 11 heteroatoms. The van der Waals surface area contributed by atoms with Crippen LogP contribution in [0.1, 0.15) is 76.6 Å². The first-order valence-corrected chi connectivity index (χ1v) is 14.9.